The zero-order valence-corrected chi connectivity index (χ0v) is 12.6. The van der Waals surface area contributed by atoms with Crippen LogP contribution in [0.1, 0.15) is 28.5 Å². The van der Waals surface area contributed by atoms with Crippen molar-refractivity contribution in [2.75, 3.05) is 5.32 Å². The number of aromatic nitrogens is 1. The smallest absolute Gasteiger partial charge is 0.406 e. The molecule has 0 aliphatic carbocycles. The van der Waals surface area contributed by atoms with Gasteiger partial charge in [-0.3, -0.25) is 0 Å². The largest absolute Gasteiger partial charge is 0.573 e. The predicted molar refractivity (Wildman–Crippen MR) is 76.8 cm³/mol. The lowest BCUT2D eigenvalue weighted by molar-refractivity contribution is -0.274. The number of hydrogen-bond donors (Lipinski definition) is 1. The lowest BCUT2D eigenvalue weighted by atomic mass is 10.2. The van der Waals surface area contributed by atoms with Gasteiger partial charge in [-0.2, -0.15) is 0 Å². The van der Waals surface area contributed by atoms with Crippen LogP contribution in [0.5, 0.6) is 5.75 Å². The Balaban J connectivity index is 2.05. The van der Waals surface area contributed by atoms with Gasteiger partial charge in [0, 0.05) is 10.6 Å². The van der Waals surface area contributed by atoms with Gasteiger partial charge < -0.3 is 10.1 Å². The molecule has 0 amide bonds. The molecule has 2 aromatic rings. The van der Waals surface area contributed by atoms with E-state index in [9.17, 15) is 13.2 Å². The fourth-order valence-corrected chi connectivity index (χ4v) is 2.95. The molecule has 0 spiro atoms. The summed E-state index contributed by atoms with van der Waals surface area (Å²) in [5, 5.41) is 4.23. The predicted octanol–water partition coefficient (Wildman–Crippen LogP) is 4.83. The molecular weight excluding hydrogens is 301 g/mol. The molecule has 0 fully saturated rings. The fourth-order valence-electron chi connectivity index (χ4n) is 2.02. The Bertz CT molecular complexity index is 608. The lowest BCUT2D eigenvalue weighted by Crippen LogP contribution is -2.17. The molecule has 3 nitrogen and oxygen atoms in total. The first-order valence-corrected chi connectivity index (χ1v) is 7.12. The van der Waals surface area contributed by atoms with Gasteiger partial charge in [-0.05, 0) is 45.0 Å². The molecule has 0 radical (unpaired) electrons. The van der Waals surface area contributed by atoms with E-state index >= 15 is 0 Å². The molecule has 21 heavy (non-hydrogen) atoms. The third-order valence-electron chi connectivity index (χ3n) is 2.80. The number of nitrogens with one attached hydrogen (secondary N) is 1. The van der Waals surface area contributed by atoms with Crippen molar-refractivity contribution < 1.29 is 17.9 Å². The molecule has 114 valence electrons. The van der Waals surface area contributed by atoms with Gasteiger partial charge in [-0.25, -0.2) is 4.98 Å². The van der Waals surface area contributed by atoms with Crippen LogP contribution in [0.2, 0.25) is 0 Å². The van der Waals surface area contributed by atoms with E-state index in [1.807, 2.05) is 20.8 Å². The first kappa shape index (κ1) is 15.6. The molecule has 0 aliphatic heterocycles. The summed E-state index contributed by atoms with van der Waals surface area (Å²) in [4.78, 5) is 5.48. The van der Waals surface area contributed by atoms with Crippen molar-refractivity contribution in [2.45, 2.75) is 33.2 Å². The number of rotatable bonds is 4. The maximum atomic E-state index is 12.1. The van der Waals surface area contributed by atoms with E-state index in [4.69, 9.17) is 0 Å². The van der Waals surface area contributed by atoms with E-state index in [1.54, 1.807) is 23.5 Å². The molecule has 0 saturated heterocycles. The molecule has 1 heterocycles. The number of thiazole rings is 1. The molecule has 1 aromatic carbocycles. The zero-order chi connectivity index (χ0) is 15.6. The molecule has 1 N–H and O–H groups in total. The van der Waals surface area contributed by atoms with Crippen LogP contribution in [0.4, 0.5) is 18.9 Å². The van der Waals surface area contributed by atoms with Gasteiger partial charge in [0.1, 0.15) is 5.75 Å². The second-order valence-corrected chi connectivity index (χ2v) is 5.86. The Kier molecular flexibility index (Phi) is 4.41. The molecule has 2 rings (SSSR count). The number of ether oxygens (including phenoxy) is 1. The van der Waals surface area contributed by atoms with Crippen molar-refractivity contribution >= 4 is 17.0 Å². The van der Waals surface area contributed by atoms with E-state index in [0.29, 0.717) is 0 Å². The Morgan fingerprint density at radius 1 is 1.19 bits per heavy atom. The van der Waals surface area contributed by atoms with Gasteiger partial charge in [0.2, 0.25) is 0 Å². The SMILES string of the molecule is Cc1nc(C)c(C(C)Nc2ccc(OC(F)(F)F)cc2)s1. The number of benzene rings is 1. The van der Waals surface area contributed by atoms with E-state index in [2.05, 4.69) is 15.0 Å². The Hall–Kier alpha value is -1.76. The van der Waals surface area contributed by atoms with Crippen LogP contribution >= 0.6 is 11.3 Å². The van der Waals surface area contributed by atoms with Gasteiger partial charge in [0.05, 0.1) is 16.7 Å². The molecular formula is C14H15F3N2OS. The van der Waals surface area contributed by atoms with Crippen LogP contribution < -0.4 is 10.1 Å². The van der Waals surface area contributed by atoms with Crippen molar-refractivity contribution in [1.82, 2.24) is 4.98 Å². The molecule has 0 aliphatic rings. The third kappa shape index (κ3) is 4.35. The Labute approximate surface area is 124 Å². The maximum absolute atomic E-state index is 12.1. The van der Waals surface area contributed by atoms with Crippen molar-refractivity contribution in [3.8, 4) is 5.75 Å². The standard InChI is InChI=1S/C14H15F3N2OS/c1-8-13(21-10(3)18-8)9(2)19-11-4-6-12(7-5-11)20-14(15,16)17/h4-7,9,19H,1-3H3. The maximum Gasteiger partial charge on any atom is 0.573 e. The van der Waals surface area contributed by atoms with Gasteiger partial charge in [-0.15, -0.1) is 24.5 Å². The number of halogens is 3. The van der Waals surface area contributed by atoms with Crippen LogP contribution in [-0.2, 0) is 0 Å². The lowest BCUT2D eigenvalue weighted by Gasteiger charge is -2.15. The molecule has 1 unspecified atom stereocenters. The molecule has 0 saturated carbocycles. The zero-order valence-electron chi connectivity index (χ0n) is 11.8. The van der Waals surface area contributed by atoms with Crippen LogP contribution in [0, 0.1) is 13.8 Å². The van der Waals surface area contributed by atoms with Gasteiger partial charge in [0.25, 0.3) is 0 Å². The minimum atomic E-state index is -4.67. The van der Waals surface area contributed by atoms with Crippen molar-refractivity contribution in [1.29, 1.82) is 0 Å². The van der Waals surface area contributed by atoms with Crippen LogP contribution in [0.25, 0.3) is 0 Å². The van der Waals surface area contributed by atoms with E-state index in [1.165, 1.54) is 12.1 Å². The summed E-state index contributed by atoms with van der Waals surface area (Å²) in [6, 6.07) is 5.72. The first-order valence-electron chi connectivity index (χ1n) is 6.31. The minimum Gasteiger partial charge on any atom is -0.406 e. The second-order valence-electron chi connectivity index (χ2n) is 4.62. The Morgan fingerprint density at radius 2 is 1.81 bits per heavy atom. The number of aryl methyl sites for hydroxylation is 2. The highest BCUT2D eigenvalue weighted by molar-refractivity contribution is 7.11. The monoisotopic (exact) mass is 316 g/mol. The van der Waals surface area contributed by atoms with Crippen molar-refractivity contribution in [2.24, 2.45) is 0 Å². The number of nitrogens with zero attached hydrogens (tertiary/aromatic N) is 1. The number of alkyl halides is 3. The van der Waals surface area contributed by atoms with Crippen molar-refractivity contribution in [3.63, 3.8) is 0 Å². The summed E-state index contributed by atoms with van der Waals surface area (Å²) >= 11 is 1.61. The topological polar surface area (TPSA) is 34.2 Å². The molecule has 0 bridgehead atoms. The van der Waals surface area contributed by atoms with Crippen molar-refractivity contribution in [3.05, 3.63) is 39.8 Å². The molecule has 7 heteroatoms. The van der Waals surface area contributed by atoms with E-state index in [0.717, 1.165) is 21.3 Å². The summed E-state index contributed by atoms with van der Waals surface area (Å²) in [6.45, 7) is 5.87. The average Bonchev–Trinajstić information content (AvgIpc) is 2.69. The van der Waals surface area contributed by atoms with Gasteiger partial charge in [-0.1, -0.05) is 0 Å². The van der Waals surface area contributed by atoms with E-state index in [-0.39, 0.29) is 11.8 Å². The summed E-state index contributed by atoms with van der Waals surface area (Å²) in [5.41, 5.74) is 1.69. The Morgan fingerprint density at radius 3 is 2.29 bits per heavy atom. The molecule has 1 atom stereocenters. The second kappa shape index (κ2) is 5.93. The summed E-state index contributed by atoms with van der Waals surface area (Å²) in [5.74, 6) is -0.231. The van der Waals surface area contributed by atoms with Gasteiger partial charge >= 0.3 is 6.36 Å². The van der Waals surface area contributed by atoms with Crippen LogP contribution in [0.3, 0.4) is 0 Å². The average molecular weight is 316 g/mol. The number of hydrogen-bond acceptors (Lipinski definition) is 4. The molecule has 1 aromatic heterocycles. The minimum absolute atomic E-state index is 0.0329. The summed E-state index contributed by atoms with van der Waals surface area (Å²) in [6.07, 6.45) is -4.67. The van der Waals surface area contributed by atoms with Gasteiger partial charge in [0.15, 0.2) is 0 Å². The third-order valence-corrected chi connectivity index (χ3v) is 4.06. The highest BCUT2D eigenvalue weighted by Gasteiger charge is 2.30. The summed E-state index contributed by atoms with van der Waals surface area (Å²) < 4.78 is 40.1. The van der Waals surface area contributed by atoms with Crippen LogP contribution in [-0.4, -0.2) is 11.3 Å². The highest BCUT2D eigenvalue weighted by atomic mass is 32.1. The van der Waals surface area contributed by atoms with E-state index < -0.39 is 6.36 Å². The quantitative estimate of drug-likeness (QED) is 0.877. The normalized spacial score (nSPS) is 13.0. The summed E-state index contributed by atoms with van der Waals surface area (Å²) in [7, 11) is 0. The number of anilines is 1. The fraction of sp³-hybridized carbons (Fsp3) is 0.357. The highest BCUT2D eigenvalue weighted by Crippen LogP contribution is 2.29. The van der Waals surface area contributed by atoms with Crippen LogP contribution in [0.15, 0.2) is 24.3 Å². The first-order chi connectivity index (χ1) is 9.74.